The lowest BCUT2D eigenvalue weighted by Gasteiger charge is -2.19. The molecule has 0 unspecified atom stereocenters. The molecule has 256 valence electrons. The van der Waals surface area contributed by atoms with E-state index in [9.17, 15) is 0 Å². The van der Waals surface area contributed by atoms with Gasteiger partial charge in [-0.25, -0.2) is 9.98 Å². The minimum Gasteiger partial charge on any atom is -0.261 e. The Morgan fingerprint density at radius 2 is 1.30 bits per heavy atom. The highest BCUT2D eigenvalue weighted by Gasteiger charge is 2.18. The predicted molar refractivity (Wildman–Crippen MR) is 226 cm³/mol. The van der Waals surface area contributed by atoms with E-state index in [1.54, 1.807) is 6.20 Å². The summed E-state index contributed by atoms with van der Waals surface area (Å²) >= 11 is 0. The SMILES string of the molecule is C=NC(=NC(=NCc1ccccc1)c1ccc(-c2cc(C(/C=C\C)=C/C)c(-c3ccccc3)c(-c3ccccc3)c2)cc1)c1ccc2ncccc2c1. The lowest BCUT2D eigenvalue weighted by molar-refractivity contribution is 1.06. The molecule has 6 aromatic carbocycles. The average Bonchev–Trinajstić information content (AvgIpc) is 3.23. The Balaban J connectivity index is 1.35. The lowest BCUT2D eigenvalue weighted by atomic mass is 9.84. The maximum Gasteiger partial charge on any atom is 0.161 e. The molecule has 0 amide bonds. The number of hydrogen-bond acceptors (Lipinski definition) is 2. The lowest BCUT2D eigenvalue weighted by Crippen LogP contribution is -2.06. The van der Waals surface area contributed by atoms with E-state index in [0.29, 0.717) is 18.2 Å². The molecule has 0 aliphatic carbocycles. The summed E-state index contributed by atoms with van der Waals surface area (Å²) < 4.78 is 0. The first-order valence-electron chi connectivity index (χ1n) is 17.8. The van der Waals surface area contributed by atoms with Crippen LogP contribution < -0.4 is 0 Å². The largest absolute Gasteiger partial charge is 0.261 e. The van der Waals surface area contributed by atoms with Crippen LogP contribution >= 0.6 is 0 Å². The number of hydrogen-bond donors (Lipinski definition) is 0. The van der Waals surface area contributed by atoms with Gasteiger partial charge in [-0.2, -0.15) is 0 Å². The minimum absolute atomic E-state index is 0.481. The molecule has 7 aromatic rings. The molecule has 1 aromatic heterocycles. The summed E-state index contributed by atoms with van der Waals surface area (Å²) in [6.45, 7) is 8.53. The van der Waals surface area contributed by atoms with Crippen LogP contribution in [0, 0.1) is 0 Å². The molecule has 0 saturated heterocycles. The second-order valence-electron chi connectivity index (χ2n) is 12.6. The molecular weight excluding hydrogens is 645 g/mol. The van der Waals surface area contributed by atoms with E-state index in [4.69, 9.17) is 9.98 Å². The van der Waals surface area contributed by atoms with Gasteiger partial charge in [0.1, 0.15) is 0 Å². The van der Waals surface area contributed by atoms with Crippen molar-refractivity contribution < 1.29 is 0 Å². The zero-order valence-electron chi connectivity index (χ0n) is 30.0. The first-order chi connectivity index (χ1) is 26.1. The van der Waals surface area contributed by atoms with Gasteiger partial charge in [-0.05, 0) is 107 Å². The van der Waals surface area contributed by atoms with E-state index in [-0.39, 0.29) is 0 Å². The number of aromatic nitrogens is 1. The minimum atomic E-state index is 0.481. The highest BCUT2D eigenvalue weighted by atomic mass is 15.0. The number of allylic oxidation sites excluding steroid dienone is 4. The topological polar surface area (TPSA) is 50.0 Å². The van der Waals surface area contributed by atoms with E-state index in [1.165, 1.54) is 33.4 Å². The number of fused-ring (bicyclic) bond motifs is 1. The molecule has 0 fully saturated rings. The zero-order valence-corrected chi connectivity index (χ0v) is 30.0. The summed E-state index contributed by atoms with van der Waals surface area (Å²) in [4.78, 5) is 18.9. The van der Waals surface area contributed by atoms with E-state index in [1.807, 2.05) is 48.5 Å². The van der Waals surface area contributed by atoms with Gasteiger partial charge in [0, 0.05) is 22.7 Å². The van der Waals surface area contributed by atoms with Gasteiger partial charge >= 0.3 is 0 Å². The molecule has 53 heavy (non-hydrogen) atoms. The van der Waals surface area contributed by atoms with Crippen LogP contribution in [0.25, 0.3) is 49.9 Å². The Kier molecular flexibility index (Phi) is 10.8. The molecule has 0 saturated carbocycles. The smallest absolute Gasteiger partial charge is 0.161 e. The summed E-state index contributed by atoms with van der Waals surface area (Å²) in [5, 5.41) is 1.01. The van der Waals surface area contributed by atoms with Gasteiger partial charge < -0.3 is 0 Å². The number of aliphatic imine (C=N–C) groups is 3. The monoisotopic (exact) mass is 684 g/mol. The molecular formula is C49H40N4. The molecule has 4 heteroatoms. The van der Waals surface area contributed by atoms with Crippen LogP contribution in [-0.2, 0) is 6.54 Å². The standard InChI is InChI=1S/C49H40N4/c1-4-16-36(5-2)44-32-43(33-45(38-19-11-7-12-20-38)47(44)39-21-13-8-14-22-39)37-24-26-40(27-25-37)49(52-34-35-17-9-6-10-18-35)53-48(50-3)42-28-29-46-41(31-42)23-15-30-51-46/h4-33H,3,34H2,1-2H3/b16-4-,36-5+,52-49?,53-48?. The van der Waals surface area contributed by atoms with Crippen LogP contribution in [0.2, 0.25) is 0 Å². The Morgan fingerprint density at radius 3 is 1.98 bits per heavy atom. The molecule has 7 rings (SSSR count). The van der Waals surface area contributed by atoms with Crippen molar-refractivity contribution in [1.82, 2.24) is 4.98 Å². The van der Waals surface area contributed by atoms with Gasteiger partial charge in [-0.1, -0.05) is 140 Å². The Hall–Kier alpha value is -6.78. The average molecular weight is 685 g/mol. The van der Waals surface area contributed by atoms with E-state index in [2.05, 4.69) is 158 Å². The molecule has 0 bridgehead atoms. The zero-order chi connectivity index (χ0) is 36.4. The molecule has 0 aliphatic rings. The van der Waals surface area contributed by atoms with Crippen molar-refractivity contribution in [2.75, 3.05) is 0 Å². The molecule has 0 radical (unpaired) electrons. The molecule has 4 nitrogen and oxygen atoms in total. The first kappa shape index (κ1) is 34.7. The summed E-state index contributed by atoms with van der Waals surface area (Å²) in [7, 11) is 0. The normalized spacial score (nSPS) is 12.4. The van der Waals surface area contributed by atoms with Crippen molar-refractivity contribution in [3.63, 3.8) is 0 Å². The summed E-state index contributed by atoms with van der Waals surface area (Å²) in [6.07, 6.45) is 8.28. The van der Waals surface area contributed by atoms with Gasteiger partial charge in [0.25, 0.3) is 0 Å². The van der Waals surface area contributed by atoms with E-state index >= 15 is 0 Å². The van der Waals surface area contributed by atoms with Gasteiger partial charge in [0.05, 0.1) is 12.1 Å². The fourth-order valence-electron chi connectivity index (χ4n) is 6.58. The van der Waals surface area contributed by atoms with Crippen molar-refractivity contribution in [2.45, 2.75) is 20.4 Å². The van der Waals surface area contributed by atoms with Gasteiger partial charge in [0.15, 0.2) is 11.7 Å². The van der Waals surface area contributed by atoms with Crippen molar-refractivity contribution >= 4 is 34.9 Å². The number of nitrogens with zero attached hydrogens (tertiary/aromatic N) is 4. The highest BCUT2D eigenvalue weighted by molar-refractivity contribution is 6.13. The number of benzene rings is 6. The van der Waals surface area contributed by atoms with Crippen LogP contribution in [0.3, 0.4) is 0 Å². The van der Waals surface area contributed by atoms with Crippen molar-refractivity contribution in [3.8, 4) is 33.4 Å². The molecule has 0 N–H and O–H groups in total. The van der Waals surface area contributed by atoms with Crippen molar-refractivity contribution in [2.24, 2.45) is 15.0 Å². The van der Waals surface area contributed by atoms with E-state index < -0.39 is 0 Å². The van der Waals surface area contributed by atoms with Gasteiger partial charge in [-0.3, -0.25) is 9.98 Å². The van der Waals surface area contributed by atoms with Gasteiger partial charge in [0.2, 0.25) is 0 Å². The van der Waals surface area contributed by atoms with Gasteiger partial charge in [-0.15, -0.1) is 0 Å². The summed E-state index contributed by atoms with van der Waals surface area (Å²) in [5.41, 5.74) is 13.1. The molecule has 0 aliphatic heterocycles. The maximum absolute atomic E-state index is 5.03. The van der Waals surface area contributed by atoms with Crippen LogP contribution in [-0.4, -0.2) is 23.4 Å². The molecule has 0 atom stereocenters. The van der Waals surface area contributed by atoms with Crippen LogP contribution in [0.15, 0.2) is 197 Å². The maximum atomic E-state index is 5.03. The highest BCUT2D eigenvalue weighted by Crippen LogP contribution is 2.42. The second-order valence-corrected chi connectivity index (χ2v) is 12.6. The summed E-state index contributed by atoms with van der Waals surface area (Å²) in [5.74, 6) is 1.09. The number of rotatable bonds is 9. The quantitative estimate of drug-likeness (QED) is 0.0848. The Labute approximate surface area is 312 Å². The Morgan fingerprint density at radius 1 is 0.623 bits per heavy atom. The first-order valence-corrected chi connectivity index (χ1v) is 17.8. The number of amidine groups is 2. The second kappa shape index (κ2) is 16.5. The predicted octanol–water partition coefficient (Wildman–Crippen LogP) is 12.3. The third kappa shape index (κ3) is 7.93. The Bertz CT molecular complexity index is 2480. The van der Waals surface area contributed by atoms with Crippen molar-refractivity contribution in [3.05, 3.63) is 204 Å². The molecule has 0 spiro atoms. The van der Waals surface area contributed by atoms with Crippen LogP contribution in [0.1, 0.15) is 36.1 Å². The van der Waals surface area contributed by atoms with Crippen LogP contribution in [0.5, 0.6) is 0 Å². The summed E-state index contributed by atoms with van der Waals surface area (Å²) in [6, 6.07) is 54.7. The number of pyridine rings is 1. The van der Waals surface area contributed by atoms with E-state index in [0.717, 1.165) is 38.7 Å². The third-order valence-corrected chi connectivity index (χ3v) is 9.21. The molecule has 1 heterocycles. The van der Waals surface area contributed by atoms with Crippen LogP contribution in [0.4, 0.5) is 0 Å². The fourth-order valence-corrected chi connectivity index (χ4v) is 6.58. The fraction of sp³-hybridized carbons (Fsp3) is 0.0612. The van der Waals surface area contributed by atoms with Crippen molar-refractivity contribution in [1.29, 1.82) is 0 Å². The third-order valence-electron chi connectivity index (χ3n) is 9.21.